The van der Waals surface area contributed by atoms with Crippen molar-refractivity contribution in [2.45, 2.75) is 25.0 Å². The second kappa shape index (κ2) is 3.53. The van der Waals surface area contributed by atoms with Crippen LogP contribution in [0, 0.1) is 5.92 Å². The third-order valence-corrected chi connectivity index (χ3v) is 2.92. The van der Waals surface area contributed by atoms with Crippen molar-refractivity contribution < 1.29 is 5.11 Å². The minimum Gasteiger partial charge on any atom is -0.386 e. The minimum atomic E-state index is -0.810. The predicted octanol–water partition coefficient (Wildman–Crippen LogP) is 0.636. The van der Waals surface area contributed by atoms with Gasteiger partial charge in [-0.25, -0.2) is 0 Å². The van der Waals surface area contributed by atoms with Crippen molar-refractivity contribution in [3.63, 3.8) is 0 Å². The molecule has 0 aromatic carbocycles. The van der Waals surface area contributed by atoms with Crippen LogP contribution in [0.3, 0.4) is 0 Å². The number of nitrogens with two attached hydrogens (primary N) is 1. The lowest BCUT2D eigenvalue weighted by Crippen LogP contribution is -2.44. The maximum atomic E-state index is 10.2. The molecular formula is C9H14ClN3O. The molecule has 5 heteroatoms. The van der Waals surface area contributed by atoms with E-state index < -0.39 is 5.60 Å². The van der Waals surface area contributed by atoms with Gasteiger partial charge in [-0.15, -0.1) is 0 Å². The first kappa shape index (κ1) is 9.96. The molecule has 1 aromatic rings. The minimum absolute atomic E-state index is 0.273. The topological polar surface area (TPSA) is 64.1 Å². The van der Waals surface area contributed by atoms with Gasteiger partial charge in [-0.05, 0) is 18.8 Å². The summed E-state index contributed by atoms with van der Waals surface area (Å²) in [6.07, 6.45) is 5.38. The molecule has 14 heavy (non-hydrogen) atoms. The zero-order chi connectivity index (χ0) is 10.2. The summed E-state index contributed by atoms with van der Waals surface area (Å²) >= 11 is 5.73. The number of aromatic nitrogens is 2. The second-order valence-electron chi connectivity index (χ2n) is 3.94. The molecule has 1 heterocycles. The number of aliphatic hydroxyl groups is 1. The van der Waals surface area contributed by atoms with Crippen LogP contribution in [0.1, 0.15) is 12.8 Å². The molecule has 0 bridgehead atoms. The first-order valence-corrected chi connectivity index (χ1v) is 5.12. The maximum absolute atomic E-state index is 10.2. The van der Waals surface area contributed by atoms with E-state index in [2.05, 4.69) is 5.10 Å². The van der Waals surface area contributed by atoms with Crippen molar-refractivity contribution in [3.8, 4) is 0 Å². The Balaban J connectivity index is 2.07. The van der Waals surface area contributed by atoms with Crippen molar-refractivity contribution >= 4 is 11.6 Å². The Hall–Kier alpha value is -0.580. The summed E-state index contributed by atoms with van der Waals surface area (Å²) in [5.41, 5.74) is 4.77. The molecule has 1 atom stereocenters. The van der Waals surface area contributed by atoms with Gasteiger partial charge in [0.25, 0.3) is 0 Å². The van der Waals surface area contributed by atoms with Crippen LogP contribution in [0.25, 0.3) is 0 Å². The molecular weight excluding hydrogens is 202 g/mol. The maximum Gasteiger partial charge on any atom is 0.0991 e. The van der Waals surface area contributed by atoms with E-state index >= 15 is 0 Å². The molecule has 0 spiro atoms. The molecule has 2 rings (SSSR count). The smallest absolute Gasteiger partial charge is 0.0991 e. The Morgan fingerprint density at radius 3 is 2.86 bits per heavy atom. The van der Waals surface area contributed by atoms with Crippen LogP contribution < -0.4 is 5.73 Å². The van der Waals surface area contributed by atoms with Crippen LogP contribution in [-0.2, 0) is 6.54 Å². The molecule has 0 amide bonds. The summed E-state index contributed by atoms with van der Waals surface area (Å²) in [5, 5.41) is 14.8. The van der Waals surface area contributed by atoms with Gasteiger partial charge in [-0.2, -0.15) is 5.10 Å². The van der Waals surface area contributed by atoms with E-state index in [1.54, 1.807) is 17.1 Å². The molecule has 1 saturated carbocycles. The van der Waals surface area contributed by atoms with Crippen LogP contribution in [0.5, 0.6) is 0 Å². The number of hydrogen-bond donors (Lipinski definition) is 2. The summed E-state index contributed by atoms with van der Waals surface area (Å²) < 4.78 is 1.65. The molecule has 0 aliphatic heterocycles. The Bertz CT molecular complexity index is 324. The lowest BCUT2D eigenvalue weighted by Gasteiger charge is -2.26. The summed E-state index contributed by atoms with van der Waals surface area (Å²) in [4.78, 5) is 0. The molecule has 0 radical (unpaired) electrons. The van der Waals surface area contributed by atoms with Crippen LogP contribution in [0.2, 0.25) is 5.02 Å². The van der Waals surface area contributed by atoms with Crippen molar-refractivity contribution in [2.75, 3.05) is 6.54 Å². The van der Waals surface area contributed by atoms with Gasteiger partial charge in [0, 0.05) is 12.7 Å². The van der Waals surface area contributed by atoms with Crippen molar-refractivity contribution in [3.05, 3.63) is 17.4 Å². The van der Waals surface area contributed by atoms with Gasteiger partial charge >= 0.3 is 0 Å². The highest BCUT2D eigenvalue weighted by atomic mass is 35.5. The van der Waals surface area contributed by atoms with Crippen molar-refractivity contribution in [2.24, 2.45) is 11.7 Å². The number of rotatable bonds is 4. The van der Waals surface area contributed by atoms with Gasteiger partial charge in [0.1, 0.15) is 0 Å². The molecule has 1 aromatic heterocycles. The molecule has 78 valence electrons. The van der Waals surface area contributed by atoms with Gasteiger partial charge in [0.15, 0.2) is 0 Å². The van der Waals surface area contributed by atoms with Crippen LogP contribution >= 0.6 is 11.6 Å². The van der Waals surface area contributed by atoms with Gasteiger partial charge < -0.3 is 10.8 Å². The second-order valence-corrected chi connectivity index (χ2v) is 4.37. The summed E-state index contributed by atoms with van der Waals surface area (Å²) in [6, 6.07) is 0. The van der Waals surface area contributed by atoms with Gasteiger partial charge in [0.2, 0.25) is 0 Å². The highest BCUT2D eigenvalue weighted by Gasteiger charge is 2.43. The first-order valence-electron chi connectivity index (χ1n) is 4.74. The van der Waals surface area contributed by atoms with E-state index in [1.807, 2.05) is 0 Å². The standard InChI is InChI=1S/C9H14ClN3O/c10-8-3-12-13(4-8)6-9(14,5-11)7-1-2-7/h3-4,7,14H,1-2,5-6,11H2. The fraction of sp³-hybridized carbons (Fsp3) is 0.667. The van der Waals surface area contributed by atoms with Crippen molar-refractivity contribution in [1.82, 2.24) is 9.78 Å². The Morgan fingerprint density at radius 1 is 1.71 bits per heavy atom. The monoisotopic (exact) mass is 215 g/mol. The summed E-state index contributed by atoms with van der Waals surface area (Å²) in [5.74, 6) is 0.329. The molecule has 1 fully saturated rings. The first-order chi connectivity index (χ1) is 6.64. The lowest BCUT2D eigenvalue weighted by atomic mass is 9.98. The summed E-state index contributed by atoms with van der Waals surface area (Å²) in [7, 11) is 0. The van der Waals surface area contributed by atoms with Crippen LogP contribution in [-0.4, -0.2) is 27.0 Å². The molecule has 1 aliphatic carbocycles. The third kappa shape index (κ3) is 1.92. The largest absolute Gasteiger partial charge is 0.386 e. The highest BCUT2D eigenvalue weighted by molar-refractivity contribution is 6.30. The van der Waals surface area contributed by atoms with Gasteiger partial charge in [0.05, 0.1) is 23.4 Å². The zero-order valence-corrected chi connectivity index (χ0v) is 8.61. The molecule has 1 unspecified atom stereocenters. The molecule has 1 aliphatic rings. The van der Waals surface area contributed by atoms with Crippen LogP contribution in [0.15, 0.2) is 12.4 Å². The van der Waals surface area contributed by atoms with Gasteiger partial charge in [-0.1, -0.05) is 11.6 Å². The number of hydrogen-bond acceptors (Lipinski definition) is 3. The number of nitrogens with zero attached hydrogens (tertiary/aromatic N) is 2. The van der Waals surface area contributed by atoms with E-state index in [1.165, 1.54) is 0 Å². The SMILES string of the molecule is NCC(O)(Cn1cc(Cl)cn1)C1CC1. The van der Waals surface area contributed by atoms with E-state index in [9.17, 15) is 5.11 Å². The lowest BCUT2D eigenvalue weighted by molar-refractivity contribution is 0.00627. The molecule has 4 nitrogen and oxygen atoms in total. The third-order valence-electron chi connectivity index (χ3n) is 2.73. The fourth-order valence-electron chi connectivity index (χ4n) is 1.69. The van der Waals surface area contributed by atoms with Gasteiger partial charge in [-0.3, -0.25) is 4.68 Å². The predicted molar refractivity (Wildman–Crippen MR) is 54.0 cm³/mol. The summed E-state index contributed by atoms with van der Waals surface area (Å²) in [6.45, 7) is 0.704. The average Bonchev–Trinajstić information content (AvgIpc) is 2.93. The number of halogens is 1. The molecule has 3 N–H and O–H groups in total. The fourth-order valence-corrected chi connectivity index (χ4v) is 1.84. The van der Waals surface area contributed by atoms with Crippen LogP contribution in [0.4, 0.5) is 0 Å². The van der Waals surface area contributed by atoms with E-state index in [-0.39, 0.29) is 6.54 Å². The van der Waals surface area contributed by atoms with E-state index in [4.69, 9.17) is 17.3 Å². The molecule has 0 saturated heterocycles. The Labute approximate surface area is 87.7 Å². The van der Waals surface area contributed by atoms with E-state index in [0.717, 1.165) is 12.8 Å². The quantitative estimate of drug-likeness (QED) is 0.775. The Kier molecular flexibility index (Phi) is 2.51. The highest BCUT2D eigenvalue weighted by Crippen LogP contribution is 2.40. The Morgan fingerprint density at radius 2 is 2.43 bits per heavy atom. The van der Waals surface area contributed by atoms with Crippen molar-refractivity contribution in [1.29, 1.82) is 0 Å². The normalized spacial score (nSPS) is 20.8. The zero-order valence-electron chi connectivity index (χ0n) is 7.86. The average molecular weight is 216 g/mol. The van der Waals surface area contributed by atoms with E-state index in [0.29, 0.717) is 17.5 Å².